The average molecular weight is 637 g/mol. The van der Waals surface area contributed by atoms with E-state index in [0.29, 0.717) is 43.2 Å². The molecule has 0 saturated heterocycles. The summed E-state index contributed by atoms with van der Waals surface area (Å²) < 4.78 is 0. The van der Waals surface area contributed by atoms with Crippen molar-refractivity contribution < 1.29 is 9.59 Å². The summed E-state index contributed by atoms with van der Waals surface area (Å²) in [6, 6.07) is 0. The molecule has 1 unspecified atom stereocenters. The molecule has 0 radical (unpaired) electrons. The van der Waals surface area contributed by atoms with Crippen molar-refractivity contribution in [2.45, 2.75) is 142 Å². The molecule has 0 heterocycles. The number of benzene rings is 1. The van der Waals surface area contributed by atoms with Crippen molar-refractivity contribution in [1.29, 1.82) is 0 Å². The number of rotatable bonds is 14. The highest BCUT2D eigenvalue weighted by Crippen LogP contribution is 2.51. The van der Waals surface area contributed by atoms with Crippen LogP contribution in [0.2, 0.25) is 0 Å². The van der Waals surface area contributed by atoms with Gasteiger partial charge in [-0.15, -0.1) is 0 Å². The molecule has 1 aliphatic carbocycles. The highest BCUT2D eigenvalue weighted by atomic mass is 16.1. The van der Waals surface area contributed by atoms with Gasteiger partial charge in [0.2, 0.25) is 0 Å². The van der Waals surface area contributed by atoms with E-state index in [1.807, 2.05) is 0 Å². The molecule has 0 saturated carbocycles. The molecular weight excluding hydrogens is 572 g/mol. The number of hydrogen-bond donors (Lipinski definition) is 0. The molecule has 0 spiro atoms. The van der Waals surface area contributed by atoms with E-state index >= 15 is 9.59 Å². The fourth-order valence-electron chi connectivity index (χ4n) is 6.50. The molecule has 2 nitrogen and oxygen atoms in total. The van der Waals surface area contributed by atoms with Crippen molar-refractivity contribution in [3.63, 3.8) is 0 Å². The van der Waals surface area contributed by atoms with Gasteiger partial charge < -0.3 is 0 Å². The Morgan fingerprint density at radius 3 is 1.11 bits per heavy atom. The van der Waals surface area contributed by atoms with E-state index in [2.05, 4.69) is 139 Å². The Balaban J connectivity index is 3.37. The third-order valence-electron chi connectivity index (χ3n) is 9.22. The van der Waals surface area contributed by atoms with Crippen LogP contribution in [0.25, 0.3) is 0 Å². The molecule has 0 fully saturated rings. The lowest BCUT2D eigenvalue weighted by Crippen LogP contribution is -2.48. The zero-order valence-corrected chi connectivity index (χ0v) is 32.4. The Hall–Kier alpha value is -3.26. The van der Waals surface area contributed by atoms with Crippen LogP contribution in [0.15, 0.2) is 81.5 Å². The summed E-state index contributed by atoms with van der Waals surface area (Å²) in [5.74, 6) is -0.147. The van der Waals surface area contributed by atoms with Gasteiger partial charge in [-0.2, -0.15) is 0 Å². The van der Waals surface area contributed by atoms with Crippen molar-refractivity contribution in [1.82, 2.24) is 0 Å². The van der Waals surface area contributed by atoms with E-state index < -0.39 is 11.3 Å². The van der Waals surface area contributed by atoms with Crippen LogP contribution in [-0.2, 0) is 25.7 Å². The number of ketones is 2. The zero-order chi connectivity index (χ0) is 35.6. The average Bonchev–Trinajstić information content (AvgIpc) is 2.96. The Bertz CT molecular complexity index is 1510. The van der Waals surface area contributed by atoms with Crippen molar-refractivity contribution in [2.24, 2.45) is 11.3 Å². The van der Waals surface area contributed by atoms with Crippen LogP contribution in [-0.4, -0.2) is 11.6 Å². The van der Waals surface area contributed by atoms with E-state index in [0.717, 1.165) is 24.0 Å². The number of carbonyl (C=O) groups is 2. The fourth-order valence-corrected chi connectivity index (χ4v) is 6.50. The molecule has 2 heteroatoms. The molecule has 0 bridgehead atoms. The lowest BCUT2D eigenvalue weighted by atomic mass is 9.56. The summed E-state index contributed by atoms with van der Waals surface area (Å²) in [6.07, 6.45) is 20.1. The first-order valence-corrected chi connectivity index (χ1v) is 17.6. The van der Waals surface area contributed by atoms with Gasteiger partial charge in [0.25, 0.3) is 0 Å². The summed E-state index contributed by atoms with van der Waals surface area (Å²) in [5.41, 5.74) is 13.5. The summed E-state index contributed by atoms with van der Waals surface area (Å²) in [4.78, 5) is 31.1. The van der Waals surface area contributed by atoms with Gasteiger partial charge >= 0.3 is 0 Å². The summed E-state index contributed by atoms with van der Waals surface area (Å²) >= 11 is 0. The summed E-state index contributed by atoms with van der Waals surface area (Å²) in [6.45, 7) is 29.6. The van der Waals surface area contributed by atoms with Crippen molar-refractivity contribution in [2.75, 3.05) is 0 Å². The van der Waals surface area contributed by atoms with Crippen LogP contribution in [0.1, 0.15) is 159 Å². The van der Waals surface area contributed by atoms with Gasteiger partial charge in [-0.3, -0.25) is 9.59 Å². The number of fused-ring (bicyclic) bond motifs is 1. The molecule has 1 atom stereocenters. The standard InChI is InChI=1S/C45H64O2/c1-29(2)15-20-36-37(21-16-30(3)4)39(23-18-32(7)8)42-41(38(36)22-17-31(5)6)43(46)40(24-19-33(9)10)45(44(42)47,27-25-34(11)12)28-26-35(13)14/h15-19,25-26,40H,20-24,27-28H2,1-14H3. The van der Waals surface area contributed by atoms with E-state index in [9.17, 15) is 0 Å². The van der Waals surface area contributed by atoms with E-state index in [1.165, 1.54) is 50.1 Å². The molecule has 47 heavy (non-hydrogen) atoms. The van der Waals surface area contributed by atoms with Crippen LogP contribution in [0.3, 0.4) is 0 Å². The molecule has 0 amide bonds. The fraction of sp³-hybridized carbons (Fsp3) is 0.511. The minimum Gasteiger partial charge on any atom is -0.294 e. The Morgan fingerprint density at radius 1 is 0.447 bits per heavy atom. The van der Waals surface area contributed by atoms with E-state index in [4.69, 9.17) is 0 Å². The largest absolute Gasteiger partial charge is 0.294 e. The number of hydrogen-bond acceptors (Lipinski definition) is 2. The molecular formula is C45H64O2. The van der Waals surface area contributed by atoms with Crippen LogP contribution in [0, 0.1) is 11.3 Å². The van der Waals surface area contributed by atoms with Crippen molar-refractivity contribution in [3.8, 4) is 0 Å². The van der Waals surface area contributed by atoms with Crippen LogP contribution in [0.4, 0.5) is 0 Å². The van der Waals surface area contributed by atoms with Gasteiger partial charge in [0.1, 0.15) is 0 Å². The quantitative estimate of drug-likeness (QED) is 0.190. The molecule has 256 valence electrons. The number of carbonyl (C=O) groups excluding carboxylic acids is 2. The maximum absolute atomic E-state index is 15.7. The third-order valence-corrected chi connectivity index (χ3v) is 9.22. The minimum atomic E-state index is -0.854. The molecule has 0 aliphatic heterocycles. The highest BCUT2D eigenvalue weighted by Gasteiger charge is 2.53. The van der Waals surface area contributed by atoms with Crippen LogP contribution in [0.5, 0.6) is 0 Å². The normalized spacial score (nSPS) is 14.8. The van der Waals surface area contributed by atoms with Crippen molar-refractivity contribution in [3.05, 3.63) is 115 Å². The van der Waals surface area contributed by atoms with Gasteiger partial charge in [0, 0.05) is 17.0 Å². The van der Waals surface area contributed by atoms with Gasteiger partial charge in [-0.05, 0) is 164 Å². The first kappa shape index (κ1) is 39.9. The minimum absolute atomic E-state index is 0.143. The van der Waals surface area contributed by atoms with Gasteiger partial charge in [0.15, 0.2) is 11.6 Å². The molecule has 0 aromatic heterocycles. The second-order valence-corrected chi connectivity index (χ2v) is 15.5. The molecule has 0 N–H and O–H groups in total. The lowest BCUT2D eigenvalue weighted by Gasteiger charge is -2.44. The Morgan fingerprint density at radius 2 is 0.766 bits per heavy atom. The van der Waals surface area contributed by atoms with Crippen LogP contribution < -0.4 is 0 Å². The van der Waals surface area contributed by atoms with E-state index in [-0.39, 0.29) is 11.6 Å². The van der Waals surface area contributed by atoms with E-state index in [1.54, 1.807) is 0 Å². The topological polar surface area (TPSA) is 34.1 Å². The van der Waals surface area contributed by atoms with Gasteiger partial charge in [-0.1, -0.05) is 81.5 Å². The second kappa shape index (κ2) is 17.8. The predicted molar refractivity (Wildman–Crippen MR) is 206 cm³/mol. The molecule has 1 aliphatic rings. The lowest BCUT2D eigenvalue weighted by molar-refractivity contribution is 0.0547. The Kier molecular flexibility index (Phi) is 15.1. The zero-order valence-electron chi connectivity index (χ0n) is 32.4. The first-order chi connectivity index (χ1) is 21.9. The van der Waals surface area contributed by atoms with Gasteiger partial charge in [0.05, 0.1) is 5.41 Å². The molecule has 2 rings (SSSR count). The second-order valence-electron chi connectivity index (χ2n) is 15.5. The predicted octanol–water partition coefficient (Wildman–Crippen LogP) is 12.8. The first-order valence-electron chi connectivity index (χ1n) is 17.6. The monoisotopic (exact) mass is 636 g/mol. The Labute approximate surface area is 288 Å². The molecule has 1 aromatic rings. The summed E-state index contributed by atoms with van der Waals surface area (Å²) in [5, 5.41) is 0. The number of allylic oxidation sites excluding steroid dienone is 14. The molecule has 1 aromatic carbocycles. The highest BCUT2D eigenvalue weighted by molar-refractivity contribution is 6.20. The summed E-state index contributed by atoms with van der Waals surface area (Å²) in [7, 11) is 0. The van der Waals surface area contributed by atoms with Crippen LogP contribution >= 0.6 is 0 Å². The maximum atomic E-state index is 15.7. The third kappa shape index (κ3) is 10.6. The van der Waals surface area contributed by atoms with Gasteiger partial charge in [-0.25, -0.2) is 0 Å². The SMILES string of the molecule is CC(C)=CCc1c(CC=C(C)C)c(CC=C(C)C)c2c(c1CC=C(C)C)C(=O)C(CC=C(C)C)C(CC=C(C)C)(CC=C(C)C)C2=O. The smallest absolute Gasteiger partial charge is 0.171 e. The number of Topliss-reactive ketones (excluding diaryl/α,β-unsaturated/α-hetero) is 2. The van der Waals surface area contributed by atoms with Crippen molar-refractivity contribution >= 4 is 11.6 Å². The maximum Gasteiger partial charge on any atom is 0.171 e.